The van der Waals surface area contributed by atoms with E-state index in [4.69, 9.17) is 5.11 Å². The molecule has 0 spiro atoms. The molecule has 0 saturated carbocycles. The van der Waals surface area contributed by atoms with Gasteiger partial charge in [-0.25, -0.2) is 9.18 Å². The Morgan fingerprint density at radius 1 is 1.40 bits per heavy atom. The molecule has 1 amide bonds. The number of carbonyl (C=O) groups excluding carboxylic acids is 1. The van der Waals surface area contributed by atoms with Gasteiger partial charge in [0, 0.05) is 6.07 Å². The molecule has 1 atom stereocenters. The van der Waals surface area contributed by atoms with Crippen molar-refractivity contribution >= 4 is 17.6 Å². The summed E-state index contributed by atoms with van der Waals surface area (Å²) in [6, 6.07) is 1.36. The van der Waals surface area contributed by atoms with Crippen molar-refractivity contribution in [2.24, 2.45) is 5.92 Å². The van der Waals surface area contributed by atoms with Gasteiger partial charge in [-0.15, -0.1) is 0 Å². The number of carboxylic acids is 1. The predicted molar refractivity (Wildman–Crippen MR) is 66.8 cm³/mol. The summed E-state index contributed by atoms with van der Waals surface area (Å²) in [6.45, 7) is 3.18. The Balaban J connectivity index is 2.98. The van der Waals surface area contributed by atoms with Crippen molar-refractivity contribution in [1.29, 1.82) is 0 Å². The number of carboxylic acid groups (broad SMARTS) is 1. The summed E-state index contributed by atoms with van der Waals surface area (Å²) in [7, 11) is 0. The molecule has 0 aliphatic rings. The van der Waals surface area contributed by atoms with Crippen molar-refractivity contribution < 1.29 is 24.0 Å². The summed E-state index contributed by atoms with van der Waals surface area (Å²) in [5.74, 6) is -3.64. The highest BCUT2D eigenvalue weighted by atomic mass is 18.2. The second-order valence-corrected chi connectivity index (χ2v) is 4.45. The van der Waals surface area contributed by atoms with Crippen molar-refractivity contribution in [3.05, 3.63) is 39.7 Å². The number of halogens is 1. The number of aliphatic carboxylic acids is 1. The zero-order valence-corrected chi connectivity index (χ0v) is 10.8. The quantitative estimate of drug-likeness (QED) is 0.629. The molecular formula is C12H13FN2O5. The van der Waals surface area contributed by atoms with E-state index in [2.05, 4.69) is 5.32 Å². The molecule has 0 aliphatic carbocycles. The maximum absolute atomic E-state index is 13.6. The van der Waals surface area contributed by atoms with Crippen LogP contribution in [0.4, 0.5) is 10.1 Å². The smallest absolute Gasteiger partial charge is 0.326 e. The van der Waals surface area contributed by atoms with Crippen LogP contribution in [0.2, 0.25) is 0 Å². The van der Waals surface area contributed by atoms with Crippen LogP contribution in [0.5, 0.6) is 0 Å². The third-order valence-corrected chi connectivity index (χ3v) is 2.63. The minimum Gasteiger partial charge on any atom is -0.480 e. The topological polar surface area (TPSA) is 110 Å². The Morgan fingerprint density at radius 3 is 2.40 bits per heavy atom. The van der Waals surface area contributed by atoms with E-state index in [0.29, 0.717) is 6.07 Å². The zero-order valence-electron chi connectivity index (χ0n) is 10.8. The van der Waals surface area contributed by atoms with Gasteiger partial charge >= 0.3 is 5.97 Å². The van der Waals surface area contributed by atoms with Crippen LogP contribution in [0.3, 0.4) is 0 Å². The van der Waals surface area contributed by atoms with Gasteiger partial charge in [-0.1, -0.05) is 13.8 Å². The van der Waals surface area contributed by atoms with Crippen LogP contribution in [0, 0.1) is 21.8 Å². The summed E-state index contributed by atoms with van der Waals surface area (Å²) in [6.07, 6.45) is 0. The molecule has 0 saturated heterocycles. The van der Waals surface area contributed by atoms with Crippen LogP contribution >= 0.6 is 0 Å². The standard InChI is InChI=1S/C12H13FN2O5/c1-6(2)10(12(17)18)14-11(16)8-4-3-7(15(19)20)5-9(8)13/h3-6,10H,1-2H3,(H,14,16)(H,17,18)/t10-/m0/s1/i13-1. The monoisotopic (exact) mass is 283 g/mol. The Morgan fingerprint density at radius 2 is 2.00 bits per heavy atom. The molecule has 2 N–H and O–H groups in total. The molecule has 8 heteroatoms. The van der Waals surface area contributed by atoms with E-state index in [1.807, 2.05) is 0 Å². The number of hydrogen-bond acceptors (Lipinski definition) is 4. The molecule has 0 radical (unpaired) electrons. The Bertz CT molecular complexity index is 559. The van der Waals surface area contributed by atoms with Gasteiger partial charge in [0.2, 0.25) is 0 Å². The fourth-order valence-electron chi connectivity index (χ4n) is 1.53. The first kappa shape index (κ1) is 15.5. The molecule has 0 bridgehead atoms. The van der Waals surface area contributed by atoms with Crippen LogP contribution in [0.1, 0.15) is 24.2 Å². The number of benzene rings is 1. The van der Waals surface area contributed by atoms with Crippen molar-refractivity contribution in [3.63, 3.8) is 0 Å². The predicted octanol–water partition coefficient (Wildman–Crippen LogP) is 1.57. The third-order valence-electron chi connectivity index (χ3n) is 2.63. The van der Waals surface area contributed by atoms with E-state index in [9.17, 15) is 24.1 Å². The summed E-state index contributed by atoms with van der Waals surface area (Å²) in [4.78, 5) is 32.4. The van der Waals surface area contributed by atoms with E-state index < -0.39 is 45.8 Å². The molecule has 0 heterocycles. The van der Waals surface area contributed by atoms with E-state index in [1.165, 1.54) is 0 Å². The first-order valence-electron chi connectivity index (χ1n) is 5.71. The normalized spacial score (nSPS) is 12.0. The second kappa shape index (κ2) is 6.09. The van der Waals surface area contributed by atoms with Crippen LogP contribution in [-0.2, 0) is 4.79 Å². The fourth-order valence-corrected chi connectivity index (χ4v) is 1.53. The minimum atomic E-state index is -1.24. The average molecular weight is 283 g/mol. The molecule has 7 nitrogen and oxygen atoms in total. The second-order valence-electron chi connectivity index (χ2n) is 4.45. The maximum atomic E-state index is 13.6. The van der Waals surface area contributed by atoms with Crippen LogP contribution in [-0.4, -0.2) is 27.9 Å². The molecule has 1 aromatic carbocycles. The number of nitrogens with one attached hydrogen (secondary N) is 1. The average Bonchev–Trinajstić information content (AvgIpc) is 2.34. The van der Waals surface area contributed by atoms with Crippen molar-refractivity contribution in [2.45, 2.75) is 19.9 Å². The number of non-ortho nitro benzene ring substituents is 1. The fraction of sp³-hybridized carbons (Fsp3) is 0.333. The number of carbonyl (C=O) groups is 2. The largest absolute Gasteiger partial charge is 0.480 e. The van der Waals surface area contributed by atoms with E-state index >= 15 is 0 Å². The summed E-state index contributed by atoms with van der Waals surface area (Å²) in [5, 5.41) is 21.6. The lowest BCUT2D eigenvalue weighted by Gasteiger charge is -2.17. The molecule has 0 unspecified atom stereocenters. The van der Waals surface area contributed by atoms with Gasteiger partial charge < -0.3 is 10.4 Å². The third kappa shape index (κ3) is 3.50. The highest BCUT2D eigenvalue weighted by molar-refractivity contribution is 5.97. The van der Waals surface area contributed by atoms with Gasteiger partial charge in [0.1, 0.15) is 11.9 Å². The maximum Gasteiger partial charge on any atom is 0.326 e. The minimum absolute atomic E-state index is 0.391. The van der Waals surface area contributed by atoms with Crippen LogP contribution < -0.4 is 5.32 Å². The van der Waals surface area contributed by atoms with Crippen molar-refractivity contribution in [3.8, 4) is 0 Å². The molecule has 1 aromatic rings. The molecule has 108 valence electrons. The lowest BCUT2D eigenvalue weighted by atomic mass is 10.0. The number of rotatable bonds is 5. The zero-order chi connectivity index (χ0) is 15.4. The first-order valence-corrected chi connectivity index (χ1v) is 5.71. The van der Waals surface area contributed by atoms with Crippen molar-refractivity contribution in [1.82, 2.24) is 5.32 Å². The Hall–Kier alpha value is -2.51. The summed E-state index contributed by atoms with van der Waals surface area (Å²) in [5.41, 5.74) is -0.930. The molecule has 0 aliphatic heterocycles. The highest BCUT2D eigenvalue weighted by Crippen LogP contribution is 2.17. The number of hydrogen-bond donors (Lipinski definition) is 2. The highest BCUT2D eigenvalue weighted by Gasteiger charge is 2.25. The van der Waals surface area contributed by atoms with Gasteiger partial charge in [0.05, 0.1) is 16.6 Å². The molecule has 20 heavy (non-hydrogen) atoms. The lowest BCUT2D eigenvalue weighted by molar-refractivity contribution is -0.385. The summed E-state index contributed by atoms with van der Waals surface area (Å²) < 4.78 is 13.6. The Labute approximate surface area is 113 Å². The van der Waals surface area contributed by atoms with Crippen molar-refractivity contribution in [2.75, 3.05) is 0 Å². The number of nitro groups is 1. The molecule has 1 rings (SSSR count). The van der Waals surface area contributed by atoms with Crippen LogP contribution in [0.25, 0.3) is 0 Å². The SMILES string of the molecule is CC(C)[C@H](NC(=O)c1ccc([N+](=O)[O-])cc1[18F])C(=O)O. The molecular weight excluding hydrogens is 270 g/mol. The molecule has 0 aromatic heterocycles. The van der Waals surface area contributed by atoms with Gasteiger partial charge in [-0.05, 0) is 12.0 Å². The van der Waals surface area contributed by atoms with E-state index in [-0.39, 0.29) is 0 Å². The van der Waals surface area contributed by atoms with Gasteiger partial charge in [0.15, 0.2) is 0 Å². The summed E-state index contributed by atoms with van der Waals surface area (Å²) >= 11 is 0. The Kier molecular flexibility index (Phi) is 4.73. The number of amides is 1. The van der Waals surface area contributed by atoms with Gasteiger partial charge in [-0.2, -0.15) is 0 Å². The van der Waals surface area contributed by atoms with E-state index in [1.54, 1.807) is 13.8 Å². The van der Waals surface area contributed by atoms with Crippen LogP contribution in [0.15, 0.2) is 18.2 Å². The lowest BCUT2D eigenvalue weighted by Crippen LogP contribution is -2.44. The molecule has 0 fully saturated rings. The van der Waals surface area contributed by atoms with Gasteiger partial charge in [-0.3, -0.25) is 14.9 Å². The first-order chi connectivity index (χ1) is 9.23. The number of nitrogens with zero attached hydrogens (tertiary/aromatic N) is 1. The number of nitro benzene ring substituents is 1. The van der Waals surface area contributed by atoms with E-state index in [0.717, 1.165) is 12.1 Å². The van der Waals surface area contributed by atoms with Gasteiger partial charge in [0.25, 0.3) is 11.6 Å².